The lowest BCUT2D eigenvalue weighted by Crippen LogP contribution is -2.41. The Kier molecular flexibility index (Phi) is 7.55. The maximum Gasteiger partial charge on any atom is 0.0201 e. The molecule has 0 aromatic heterocycles. The molecule has 1 N–H and O–H groups in total. The van der Waals surface area contributed by atoms with Gasteiger partial charge in [0.05, 0.1) is 0 Å². The molecule has 3 atom stereocenters. The highest BCUT2D eigenvalue weighted by Gasteiger charge is 2.24. The van der Waals surface area contributed by atoms with Crippen molar-refractivity contribution in [3.8, 4) is 0 Å². The Morgan fingerprint density at radius 1 is 1.25 bits per heavy atom. The van der Waals surface area contributed by atoms with E-state index >= 15 is 0 Å². The summed E-state index contributed by atoms with van der Waals surface area (Å²) in [6, 6.07) is 0.794. The number of nitrogens with one attached hydrogen (secondary N) is 1. The van der Waals surface area contributed by atoms with E-state index in [1.54, 1.807) is 0 Å². The van der Waals surface area contributed by atoms with Gasteiger partial charge in [-0.25, -0.2) is 0 Å². The first-order valence-electron chi connectivity index (χ1n) is 7.12. The second-order valence-electron chi connectivity index (χ2n) is 5.23. The standard InChI is InChI=1S/C14H29NS/c1-4-10-15-13-8-6-7-9-14(13)16-11-12(3)5-2/h12-15H,4-11H2,1-3H3. The average molecular weight is 243 g/mol. The number of thioether (sulfide) groups is 1. The van der Waals surface area contributed by atoms with Gasteiger partial charge in [0, 0.05) is 11.3 Å². The third kappa shape index (κ3) is 5.09. The van der Waals surface area contributed by atoms with Gasteiger partial charge in [0.1, 0.15) is 0 Å². The van der Waals surface area contributed by atoms with E-state index in [0.717, 1.165) is 17.2 Å². The highest BCUT2D eigenvalue weighted by Crippen LogP contribution is 2.30. The van der Waals surface area contributed by atoms with Crippen LogP contribution in [-0.2, 0) is 0 Å². The lowest BCUT2D eigenvalue weighted by molar-refractivity contribution is 0.384. The summed E-state index contributed by atoms with van der Waals surface area (Å²) in [6.45, 7) is 8.14. The zero-order valence-electron chi connectivity index (χ0n) is 11.3. The summed E-state index contributed by atoms with van der Waals surface area (Å²) < 4.78 is 0. The summed E-state index contributed by atoms with van der Waals surface area (Å²) in [5.74, 6) is 2.24. The van der Waals surface area contributed by atoms with Crippen LogP contribution in [0.3, 0.4) is 0 Å². The molecule has 1 fully saturated rings. The highest BCUT2D eigenvalue weighted by atomic mass is 32.2. The monoisotopic (exact) mass is 243 g/mol. The number of hydrogen-bond acceptors (Lipinski definition) is 2. The van der Waals surface area contributed by atoms with Crippen LogP contribution in [-0.4, -0.2) is 23.6 Å². The van der Waals surface area contributed by atoms with Gasteiger partial charge in [0.25, 0.3) is 0 Å². The Labute approximate surface area is 106 Å². The van der Waals surface area contributed by atoms with E-state index in [2.05, 4.69) is 37.8 Å². The number of hydrogen-bond donors (Lipinski definition) is 1. The molecular weight excluding hydrogens is 214 g/mol. The van der Waals surface area contributed by atoms with Crippen LogP contribution in [0.25, 0.3) is 0 Å². The predicted octanol–water partition coefficient (Wildman–Crippen LogP) is 4.08. The first-order valence-corrected chi connectivity index (χ1v) is 8.17. The van der Waals surface area contributed by atoms with E-state index in [9.17, 15) is 0 Å². The minimum Gasteiger partial charge on any atom is -0.313 e. The minimum atomic E-state index is 0.794. The molecule has 2 heteroatoms. The summed E-state index contributed by atoms with van der Waals surface area (Å²) in [4.78, 5) is 0. The van der Waals surface area contributed by atoms with Gasteiger partial charge < -0.3 is 5.32 Å². The quantitative estimate of drug-likeness (QED) is 0.723. The first kappa shape index (κ1) is 14.4. The van der Waals surface area contributed by atoms with E-state index < -0.39 is 0 Å². The van der Waals surface area contributed by atoms with Crippen molar-refractivity contribution in [2.75, 3.05) is 12.3 Å². The first-order chi connectivity index (χ1) is 7.77. The Morgan fingerprint density at radius 2 is 2.00 bits per heavy atom. The SMILES string of the molecule is CCCNC1CCCCC1SCC(C)CC. The van der Waals surface area contributed by atoms with Crippen LogP contribution in [0, 0.1) is 5.92 Å². The second-order valence-corrected chi connectivity index (χ2v) is 6.50. The molecule has 1 aliphatic rings. The molecule has 0 bridgehead atoms. The zero-order valence-corrected chi connectivity index (χ0v) is 12.1. The highest BCUT2D eigenvalue weighted by molar-refractivity contribution is 7.99. The van der Waals surface area contributed by atoms with Gasteiger partial charge in [-0.05, 0) is 37.5 Å². The summed E-state index contributed by atoms with van der Waals surface area (Å²) in [7, 11) is 0. The molecule has 0 aromatic carbocycles. The molecule has 0 saturated heterocycles. The summed E-state index contributed by atoms with van der Waals surface area (Å²) in [5, 5.41) is 4.63. The molecule has 1 saturated carbocycles. The Bertz CT molecular complexity index is 172. The molecule has 1 nitrogen and oxygen atoms in total. The average Bonchev–Trinajstić information content (AvgIpc) is 2.34. The molecule has 1 aliphatic carbocycles. The Morgan fingerprint density at radius 3 is 2.69 bits per heavy atom. The van der Waals surface area contributed by atoms with E-state index in [4.69, 9.17) is 0 Å². The molecular formula is C14H29NS. The lowest BCUT2D eigenvalue weighted by Gasteiger charge is -2.32. The fourth-order valence-electron chi connectivity index (χ4n) is 2.27. The van der Waals surface area contributed by atoms with Crippen LogP contribution >= 0.6 is 11.8 Å². The maximum atomic E-state index is 3.74. The molecule has 0 heterocycles. The lowest BCUT2D eigenvalue weighted by atomic mass is 9.95. The van der Waals surface area contributed by atoms with Crippen LogP contribution in [0.4, 0.5) is 0 Å². The molecule has 0 aliphatic heterocycles. The summed E-state index contributed by atoms with van der Waals surface area (Å²) in [6.07, 6.45) is 8.30. The molecule has 16 heavy (non-hydrogen) atoms. The van der Waals surface area contributed by atoms with Crippen LogP contribution in [0.2, 0.25) is 0 Å². The van der Waals surface area contributed by atoms with Crippen molar-refractivity contribution >= 4 is 11.8 Å². The van der Waals surface area contributed by atoms with Gasteiger partial charge >= 0.3 is 0 Å². The van der Waals surface area contributed by atoms with E-state index in [-0.39, 0.29) is 0 Å². The minimum absolute atomic E-state index is 0.794. The smallest absolute Gasteiger partial charge is 0.0201 e. The predicted molar refractivity (Wildman–Crippen MR) is 76.3 cm³/mol. The van der Waals surface area contributed by atoms with Gasteiger partial charge in [0.15, 0.2) is 0 Å². The zero-order chi connectivity index (χ0) is 11.8. The van der Waals surface area contributed by atoms with E-state index in [0.29, 0.717) is 0 Å². The van der Waals surface area contributed by atoms with Crippen molar-refractivity contribution in [1.82, 2.24) is 5.32 Å². The van der Waals surface area contributed by atoms with Gasteiger partial charge in [-0.1, -0.05) is 40.0 Å². The topological polar surface area (TPSA) is 12.0 Å². The summed E-state index contributed by atoms with van der Waals surface area (Å²) >= 11 is 2.23. The number of rotatable bonds is 7. The normalized spacial score (nSPS) is 27.9. The van der Waals surface area contributed by atoms with Crippen LogP contribution in [0.5, 0.6) is 0 Å². The third-order valence-electron chi connectivity index (χ3n) is 3.65. The van der Waals surface area contributed by atoms with Gasteiger partial charge in [-0.3, -0.25) is 0 Å². The molecule has 96 valence electrons. The maximum absolute atomic E-state index is 3.74. The Hall–Kier alpha value is 0.310. The fraction of sp³-hybridized carbons (Fsp3) is 1.00. The Balaban J connectivity index is 2.28. The molecule has 0 amide bonds. The molecule has 0 aromatic rings. The van der Waals surface area contributed by atoms with Crippen molar-refractivity contribution in [2.45, 2.75) is 70.6 Å². The van der Waals surface area contributed by atoms with Gasteiger partial charge in [-0.2, -0.15) is 11.8 Å². The molecule has 3 unspecified atom stereocenters. The van der Waals surface area contributed by atoms with Crippen LogP contribution in [0.1, 0.15) is 59.3 Å². The van der Waals surface area contributed by atoms with E-state index in [1.165, 1.54) is 50.8 Å². The van der Waals surface area contributed by atoms with Crippen molar-refractivity contribution in [1.29, 1.82) is 0 Å². The van der Waals surface area contributed by atoms with Crippen molar-refractivity contribution < 1.29 is 0 Å². The van der Waals surface area contributed by atoms with Crippen molar-refractivity contribution in [3.63, 3.8) is 0 Å². The van der Waals surface area contributed by atoms with Crippen molar-refractivity contribution in [2.24, 2.45) is 5.92 Å². The summed E-state index contributed by atoms with van der Waals surface area (Å²) in [5.41, 5.74) is 0. The van der Waals surface area contributed by atoms with Crippen molar-refractivity contribution in [3.05, 3.63) is 0 Å². The van der Waals surface area contributed by atoms with Crippen LogP contribution in [0.15, 0.2) is 0 Å². The van der Waals surface area contributed by atoms with Crippen LogP contribution < -0.4 is 5.32 Å². The van der Waals surface area contributed by atoms with Gasteiger partial charge in [0.2, 0.25) is 0 Å². The van der Waals surface area contributed by atoms with E-state index in [1.807, 2.05) is 0 Å². The largest absolute Gasteiger partial charge is 0.313 e. The fourth-order valence-corrected chi connectivity index (χ4v) is 3.87. The van der Waals surface area contributed by atoms with Gasteiger partial charge in [-0.15, -0.1) is 0 Å². The molecule has 0 radical (unpaired) electrons. The second kappa shape index (κ2) is 8.41. The molecule has 0 spiro atoms. The molecule has 1 rings (SSSR count). The third-order valence-corrected chi connectivity index (χ3v) is 5.40.